The van der Waals surface area contributed by atoms with E-state index in [0.717, 1.165) is 24.1 Å². The van der Waals surface area contributed by atoms with Gasteiger partial charge in [0.05, 0.1) is 12.1 Å². The monoisotopic (exact) mass is 382 g/mol. The minimum Gasteiger partial charge on any atom is -0.508 e. The summed E-state index contributed by atoms with van der Waals surface area (Å²) in [5, 5.41) is 9.44. The highest BCUT2D eigenvalue weighted by Crippen LogP contribution is 2.35. The molecule has 0 aromatic heterocycles. The predicted octanol–water partition coefficient (Wildman–Crippen LogP) is 3.88. The van der Waals surface area contributed by atoms with E-state index in [1.54, 1.807) is 24.3 Å². The second-order valence-electron chi connectivity index (χ2n) is 7.92. The highest BCUT2D eigenvalue weighted by molar-refractivity contribution is 5.84. The van der Waals surface area contributed by atoms with E-state index in [4.69, 9.17) is 0 Å². The van der Waals surface area contributed by atoms with Crippen molar-refractivity contribution < 1.29 is 14.3 Å². The van der Waals surface area contributed by atoms with Gasteiger partial charge in [-0.1, -0.05) is 42.5 Å². The SMILES string of the molecule is C[C@@H](c1ccccc1)N1CC[C@H](N2CC[C@@H](c3ccc(O)cc3)[C@H](F)C2)C1=O. The summed E-state index contributed by atoms with van der Waals surface area (Å²) < 4.78 is 15.0. The Kier molecular flexibility index (Phi) is 5.36. The molecule has 2 fully saturated rings. The molecule has 2 aliphatic heterocycles. The first-order chi connectivity index (χ1) is 13.5. The average molecular weight is 382 g/mol. The van der Waals surface area contributed by atoms with Gasteiger partial charge in [-0.3, -0.25) is 9.69 Å². The number of rotatable bonds is 4. The maximum absolute atomic E-state index is 15.0. The Morgan fingerprint density at radius 2 is 1.75 bits per heavy atom. The molecule has 2 aromatic rings. The van der Waals surface area contributed by atoms with Crippen molar-refractivity contribution in [2.75, 3.05) is 19.6 Å². The van der Waals surface area contributed by atoms with Crippen LogP contribution in [0.2, 0.25) is 0 Å². The third-order valence-corrected chi connectivity index (χ3v) is 6.30. The summed E-state index contributed by atoms with van der Waals surface area (Å²) in [4.78, 5) is 17.0. The normalized spacial score (nSPS) is 27.1. The molecule has 4 rings (SSSR count). The van der Waals surface area contributed by atoms with E-state index in [-0.39, 0.29) is 36.2 Å². The molecule has 2 aliphatic rings. The number of halogens is 1. The Morgan fingerprint density at radius 3 is 2.43 bits per heavy atom. The maximum Gasteiger partial charge on any atom is 0.240 e. The lowest BCUT2D eigenvalue weighted by molar-refractivity contribution is -0.134. The van der Waals surface area contributed by atoms with Crippen molar-refractivity contribution >= 4 is 5.91 Å². The Labute approximate surface area is 165 Å². The first-order valence-electron chi connectivity index (χ1n) is 10.1. The van der Waals surface area contributed by atoms with Crippen molar-refractivity contribution in [3.63, 3.8) is 0 Å². The zero-order chi connectivity index (χ0) is 19.7. The van der Waals surface area contributed by atoms with Crippen LogP contribution in [0.1, 0.15) is 42.9 Å². The van der Waals surface area contributed by atoms with Gasteiger partial charge < -0.3 is 10.0 Å². The highest BCUT2D eigenvalue weighted by Gasteiger charge is 2.41. The summed E-state index contributed by atoms with van der Waals surface area (Å²) in [6.07, 6.45) is 0.433. The molecule has 5 heteroatoms. The van der Waals surface area contributed by atoms with E-state index in [1.165, 1.54) is 0 Å². The summed E-state index contributed by atoms with van der Waals surface area (Å²) in [5.41, 5.74) is 2.05. The van der Waals surface area contributed by atoms with Gasteiger partial charge in [0.25, 0.3) is 0 Å². The van der Waals surface area contributed by atoms with Crippen molar-refractivity contribution in [2.45, 2.75) is 43.9 Å². The lowest BCUT2D eigenvalue weighted by Crippen LogP contribution is -2.49. The summed E-state index contributed by atoms with van der Waals surface area (Å²) in [6, 6.07) is 16.7. The standard InChI is InChI=1S/C23H27FN2O2/c1-16(17-5-3-2-4-6-17)26-14-12-22(23(26)28)25-13-11-20(21(24)15-25)18-7-9-19(27)10-8-18/h2-10,16,20-22,27H,11-15H2,1H3/t16-,20-,21+,22-/m0/s1. The number of amides is 1. The van der Waals surface area contributed by atoms with Gasteiger partial charge >= 0.3 is 0 Å². The topological polar surface area (TPSA) is 43.8 Å². The van der Waals surface area contributed by atoms with E-state index in [1.807, 2.05) is 40.1 Å². The molecule has 4 atom stereocenters. The molecule has 4 nitrogen and oxygen atoms in total. The fraction of sp³-hybridized carbons (Fsp3) is 0.435. The van der Waals surface area contributed by atoms with Gasteiger partial charge in [0.2, 0.25) is 5.91 Å². The number of carbonyl (C=O) groups is 1. The largest absolute Gasteiger partial charge is 0.508 e. The number of carbonyl (C=O) groups excluding carboxylic acids is 1. The van der Waals surface area contributed by atoms with Crippen LogP contribution in [0.5, 0.6) is 5.75 Å². The van der Waals surface area contributed by atoms with Crippen LogP contribution in [-0.2, 0) is 4.79 Å². The van der Waals surface area contributed by atoms with E-state index in [0.29, 0.717) is 13.0 Å². The zero-order valence-electron chi connectivity index (χ0n) is 16.2. The molecule has 0 radical (unpaired) electrons. The van der Waals surface area contributed by atoms with Crippen LogP contribution in [0.25, 0.3) is 0 Å². The average Bonchev–Trinajstić information content (AvgIpc) is 3.10. The van der Waals surface area contributed by atoms with Gasteiger partial charge in [-0.05, 0) is 49.6 Å². The number of hydrogen-bond donors (Lipinski definition) is 1. The van der Waals surface area contributed by atoms with E-state index in [2.05, 4.69) is 6.92 Å². The fourth-order valence-electron chi connectivity index (χ4n) is 4.63. The molecule has 0 saturated carbocycles. The molecule has 0 spiro atoms. The number of phenolic OH excluding ortho intramolecular Hbond substituents is 1. The quantitative estimate of drug-likeness (QED) is 0.873. The van der Waals surface area contributed by atoms with Gasteiger partial charge in [0.15, 0.2) is 0 Å². The van der Waals surface area contributed by atoms with Crippen LogP contribution in [0.4, 0.5) is 4.39 Å². The molecule has 2 heterocycles. The van der Waals surface area contributed by atoms with Crippen LogP contribution in [0.3, 0.4) is 0 Å². The minimum atomic E-state index is -1.01. The zero-order valence-corrected chi connectivity index (χ0v) is 16.2. The number of benzene rings is 2. The number of hydrogen-bond acceptors (Lipinski definition) is 3. The van der Waals surface area contributed by atoms with E-state index >= 15 is 0 Å². The molecular weight excluding hydrogens is 355 g/mol. The third-order valence-electron chi connectivity index (χ3n) is 6.30. The van der Waals surface area contributed by atoms with Gasteiger partial charge in [-0.25, -0.2) is 4.39 Å². The van der Waals surface area contributed by atoms with Gasteiger partial charge in [0.1, 0.15) is 11.9 Å². The number of aromatic hydroxyl groups is 1. The smallest absolute Gasteiger partial charge is 0.240 e. The second kappa shape index (κ2) is 7.92. The van der Waals surface area contributed by atoms with Gasteiger partial charge in [0, 0.05) is 19.0 Å². The lowest BCUT2D eigenvalue weighted by Gasteiger charge is -2.38. The van der Waals surface area contributed by atoms with Crippen LogP contribution in [0, 0.1) is 0 Å². The number of piperidine rings is 1. The Morgan fingerprint density at radius 1 is 1.04 bits per heavy atom. The maximum atomic E-state index is 15.0. The predicted molar refractivity (Wildman–Crippen MR) is 107 cm³/mol. The van der Waals surface area contributed by atoms with Crippen molar-refractivity contribution in [2.24, 2.45) is 0 Å². The van der Waals surface area contributed by atoms with Crippen molar-refractivity contribution in [1.82, 2.24) is 9.80 Å². The van der Waals surface area contributed by atoms with Crippen molar-refractivity contribution in [3.05, 3.63) is 65.7 Å². The molecule has 2 saturated heterocycles. The fourth-order valence-corrected chi connectivity index (χ4v) is 4.63. The molecule has 0 bridgehead atoms. The summed E-state index contributed by atoms with van der Waals surface area (Å²) in [6.45, 7) is 3.78. The Balaban J connectivity index is 1.41. The molecule has 1 amide bonds. The molecule has 28 heavy (non-hydrogen) atoms. The second-order valence-corrected chi connectivity index (χ2v) is 7.92. The molecular formula is C23H27FN2O2. The van der Waals surface area contributed by atoms with Crippen LogP contribution in [-0.4, -0.2) is 52.7 Å². The minimum absolute atomic E-state index is 0.0365. The summed E-state index contributed by atoms with van der Waals surface area (Å²) >= 11 is 0. The van der Waals surface area contributed by atoms with Gasteiger partial charge in [-0.15, -0.1) is 0 Å². The molecule has 148 valence electrons. The molecule has 0 unspecified atom stereocenters. The van der Waals surface area contributed by atoms with Crippen LogP contribution < -0.4 is 0 Å². The number of phenols is 1. The number of nitrogens with zero attached hydrogens (tertiary/aromatic N) is 2. The van der Waals surface area contributed by atoms with E-state index in [9.17, 15) is 14.3 Å². The highest BCUT2D eigenvalue weighted by atomic mass is 19.1. The van der Waals surface area contributed by atoms with E-state index < -0.39 is 6.17 Å². The number of alkyl halides is 1. The first kappa shape index (κ1) is 18.9. The Hall–Kier alpha value is -2.40. The van der Waals surface area contributed by atoms with Crippen LogP contribution >= 0.6 is 0 Å². The first-order valence-corrected chi connectivity index (χ1v) is 10.1. The summed E-state index contributed by atoms with van der Waals surface area (Å²) in [5.74, 6) is 0.139. The molecule has 1 N–H and O–H groups in total. The third kappa shape index (κ3) is 3.63. The Bertz CT molecular complexity index is 811. The van der Waals surface area contributed by atoms with Crippen LogP contribution in [0.15, 0.2) is 54.6 Å². The number of likely N-dealkylation sites (tertiary alicyclic amines) is 2. The van der Waals surface area contributed by atoms with Gasteiger partial charge in [-0.2, -0.15) is 0 Å². The lowest BCUT2D eigenvalue weighted by atomic mass is 9.87. The molecule has 0 aliphatic carbocycles. The van der Waals surface area contributed by atoms with Crippen molar-refractivity contribution in [1.29, 1.82) is 0 Å². The summed E-state index contributed by atoms with van der Waals surface area (Å²) in [7, 11) is 0. The van der Waals surface area contributed by atoms with Crippen molar-refractivity contribution in [3.8, 4) is 5.75 Å². The molecule has 2 aromatic carbocycles.